The normalized spacial score (nSPS) is 16.8. The van der Waals surface area contributed by atoms with Crippen molar-refractivity contribution in [2.45, 2.75) is 38.1 Å². The van der Waals surface area contributed by atoms with Gasteiger partial charge in [-0.3, -0.25) is 4.79 Å². The molecule has 1 fully saturated rings. The smallest absolute Gasteiger partial charge is 0.253 e. The van der Waals surface area contributed by atoms with E-state index in [0.717, 1.165) is 25.7 Å². The molecule has 2 N–H and O–H groups in total. The number of para-hydroxylation sites is 1. The molecule has 4 heteroatoms. The van der Waals surface area contributed by atoms with Gasteiger partial charge in [-0.1, -0.05) is 13.0 Å². The molecular weight excluding hydrogens is 231 g/mol. The third kappa shape index (κ3) is 2.19. The van der Waals surface area contributed by atoms with Crippen LogP contribution in [-0.4, -0.2) is 18.5 Å². The molecule has 0 atom stereocenters. The highest BCUT2D eigenvalue weighted by molar-refractivity contribution is 6.00. The Hall–Kier alpha value is -1.58. The topological polar surface area (TPSA) is 41.1 Å². The lowest BCUT2D eigenvalue weighted by Crippen LogP contribution is -2.53. The minimum Gasteiger partial charge on any atom is -0.385 e. The summed E-state index contributed by atoms with van der Waals surface area (Å²) < 4.78 is 13.6. The number of carbonyl (C=O) groups excluding carboxylic acids is 1. The fourth-order valence-electron chi connectivity index (χ4n) is 2.45. The van der Waals surface area contributed by atoms with Crippen molar-refractivity contribution in [2.75, 3.05) is 12.4 Å². The number of hydrogen-bond donors (Lipinski definition) is 2. The Labute approximate surface area is 107 Å². The van der Waals surface area contributed by atoms with Gasteiger partial charge in [-0.2, -0.15) is 0 Å². The van der Waals surface area contributed by atoms with Crippen molar-refractivity contribution in [3.8, 4) is 0 Å². The summed E-state index contributed by atoms with van der Waals surface area (Å²) in [7, 11) is 1.62. The summed E-state index contributed by atoms with van der Waals surface area (Å²) in [6.07, 6.45) is 4.10. The lowest BCUT2D eigenvalue weighted by molar-refractivity contribution is 0.0821. The minimum absolute atomic E-state index is 0.0750. The maximum atomic E-state index is 13.6. The van der Waals surface area contributed by atoms with Gasteiger partial charge >= 0.3 is 0 Å². The Balaban J connectivity index is 2.21. The van der Waals surface area contributed by atoms with Crippen LogP contribution in [0.5, 0.6) is 0 Å². The van der Waals surface area contributed by atoms with E-state index in [1.54, 1.807) is 19.2 Å². The molecule has 0 aliphatic heterocycles. The summed E-state index contributed by atoms with van der Waals surface area (Å²) in [4.78, 5) is 12.2. The molecule has 0 radical (unpaired) electrons. The Morgan fingerprint density at radius 3 is 2.67 bits per heavy atom. The van der Waals surface area contributed by atoms with E-state index in [9.17, 15) is 9.18 Å². The van der Waals surface area contributed by atoms with Crippen molar-refractivity contribution in [1.82, 2.24) is 5.32 Å². The zero-order chi connectivity index (χ0) is 13.2. The van der Waals surface area contributed by atoms with Crippen LogP contribution in [0.15, 0.2) is 18.2 Å². The van der Waals surface area contributed by atoms with E-state index < -0.39 is 5.82 Å². The van der Waals surface area contributed by atoms with E-state index in [0.29, 0.717) is 5.56 Å². The van der Waals surface area contributed by atoms with Crippen LogP contribution in [-0.2, 0) is 0 Å². The van der Waals surface area contributed by atoms with Gasteiger partial charge in [0.15, 0.2) is 0 Å². The highest BCUT2D eigenvalue weighted by Gasteiger charge is 2.37. The predicted molar refractivity (Wildman–Crippen MR) is 70.3 cm³/mol. The molecule has 1 aromatic carbocycles. The summed E-state index contributed by atoms with van der Waals surface area (Å²) in [5.74, 6) is -0.593. The van der Waals surface area contributed by atoms with Gasteiger partial charge in [-0.15, -0.1) is 0 Å². The quantitative estimate of drug-likeness (QED) is 0.862. The second kappa shape index (κ2) is 4.96. The van der Waals surface area contributed by atoms with Crippen LogP contribution in [0.3, 0.4) is 0 Å². The number of nitrogens with one attached hydrogen (secondary N) is 2. The van der Waals surface area contributed by atoms with E-state index in [1.165, 1.54) is 6.07 Å². The van der Waals surface area contributed by atoms with Gasteiger partial charge in [0, 0.05) is 12.6 Å². The number of hydrogen-bond acceptors (Lipinski definition) is 2. The average molecular weight is 250 g/mol. The number of carbonyl (C=O) groups is 1. The molecule has 1 saturated carbocycles. The Morgan fingerprint density at radius 1 is 1.44 bits per heavy atom. The summed E-state index contributed by atoms with van der Waals surface area (Å²) in [6.45, 7) is 2.07. The number of anilines is 1. The fraction of sp³-hybridized carbons (Fsp3) is 0.500. The maximum Gasteiger partial charge on any atom is 0.253 e. The van der Waals surface area contributed by atoms with Gasteiger partial charge in [-0.25, -0.2) is 4.39 Å². The van der Waals surface area contributed by atoms with Crippen LogP contribution in [0.25, 0.3) is 0 Å². The molecule has 0 spiro atoms. The van der Waals surface area contributed by atoms with Crippen molar-refractivity contribution in [3.63, 3.8) is 0 Å². The Morgan fingerprint density at radius 2 is 2.17 bits per heavy atom. The van der Waals surface area contributed by atoms with Crippen LogP contribution >= 0.6 is 0 Å². The zero-order valence-corrected chi connectivity index (χ0v) is 10.8. The third-order valence-electron chi connectivity index (χ3n) is 3.87. The van der Waals surface area contributed by atoms with Gasteiger partial charge in [0.2, 0.25) is 0 Å². The van der Waals surface area contributed by atoms with Crippen LogP contribution in [0.2, 0.25) is 0 Å². The van der Waals surface area contributed by atoms with Gasteiger partial charge in [0.1, 0.15) is 5.82 Å². The first kappa shape index (κ1) is 12.9. The lowest BCUT2D eigenvalue weighted by Gasteiger charge is -2.42. The van der Waals surface area contributed by atoms with Crippen LogP contribution in [0.4, 0.5) is 10.1 Å². The molecule has 2 rings (SSSR count). The molecule has 0 aromatic heterocycles. The maximum absolute atomic E-state index is 13.6. The van der Waals surface area contributed by atoms with Gasteiger partial charge in [-0.05, 0) is 37.8 Å². The number of amides is 1. The van der Waals surface area contributed by atoms with Gasteiger partial charge < -0.3 is 10.6 Å². The standard InChI is InChI=1S/C14H19FN2O/c1-3-14(8-5-9-14)17-13(18)10-6-4-7-11(15)12(10)16-2/h4,6-7,16H,3,5,8-9H2,1-2H3,(H,17,18). The molecule has 0 saturated heterocycles. The van der Waals surface area contributed by atoms with E-state index >= 15 is 0 Å². The van der Waals surface area contributed by atoms with Crippen LogP contribution in [0, 0.1) is 5.82 Å². The first-order valence-corrected chi connectivity index (χ1v) is 6.40. The largest absolute Gasteiger partial charge is 0.385 e. The predicted octanol–water partition coefficient (Wildman–Crippen LogP) is 2.93. The molecular formula is C14H19FN2O. The third-order valence-corrected chi connectivity index (χ3v) is 3.87. The summed E-state index contributed by atoms with van der Waals surface area (Å²) in [5.41, 5.74) is 0.562. The molecule has 98 valence electrons. The Kier molecular flexibility index (Phi) is 3.55. The summed E-state index contributed by atoms with van der Waals surface area (Å²) >= 11 is 0. The molecule has 1 aliphatic rings. The van der Waals surface area contributed by atoms with E-state index in [-0.39, 0.29) is 17.1 Å². The van der Waals surface area contributed by atoms with E-state index in [4.69, 9.17) is 0 Å². The molecule has 18 heavy (non-hydrogen) atoms. The first-order valence-electron chi connectivity index (χ1n) is 6.40. The van der Waals surface area contributed by atoms with Crippen LogP contribution < -0.4 is 10.6 Å². The number of halogens is 1. The van der Waals surface area contributed by atoms with Crippen LogP contribution in [0.1, 0.15) is 43.0 Å². The summed E-state index contributed by atoms with van der Waals surface area (Å²) in [5, 5.41) is 5.80. The molecule has 0 heterocycles. The first-order chi connectivity index (χ1) is 8.62. The zero-order valence-electron chi connectivity index (χ0n) is 10.8. The Bertz CT molecular complexity index is 450. The second-order valence-corrected chi connectivity index (χ2v) is 4.85. The molecule has 1 aliphatic carbocycles. The van der Waals surface area contributed by atoms with E-state index in [2.05, 4.69) is 17.6 Å². The van der Waals surface area contributed by atoms with Crippen molar-refractivity contribution in [3.05, 3.63) is 29.6 Å². The monoisotopic (exact) mass is 250 g/mol. The molecule has 1 aromatic rings. The average Bonchev–Trinajstić information content (AvgIpc) is 2.33. The number of rotatable bonds is 4. The SMILES string of the molecule is CCC1(NC(=O)c2cccc(F)c2NC)CCC1. The van der Waals surface area contributed by atoms with Gasteiger partial charge in [0.05, 0.1) is 11.3 Å². The molecule has 3 nitrogen and oxygen atoms in total. The minimum atomic E-state index is -0.399. The van der Waals surface area contributed by atoms with Gasteiger partial charge in [0.25, 0.3) is 5.91 Å². The van der Waals surface area contributed by atoms with Crippen molar-refractivity contribution in [2.24, 2.45) is 0 Å². The highest BCUT2D eigenvalue weighted by Crippen LogP contribution is 2.35. The second-order valence-electron chi connectivity index (χ2n) is 4.85. The van der Waals surface area contributed by atoms with Crippen molar-refractivity contribution < 1.29 is 9.18 Å². The molecule has 0 bridgehead atoms. The molecule has 0 unspecified atom stereocenters. The fourth-order valence-corrected chi connectivity index (χ4v) is 2.45. The van der Waals surface area contributed by atoms with Crippen molar-refractivity contribution >= 4 is 11.6 Å². The highest BCUT2D eigenvalue weighted by atomic mass is 19.1. The molecule has 1 amide bonds. The summed E-state index contributed by atoms with van der Waals surface area (Å²) in [6, 6.07) is 4.55. The van der Waals surface area contributed by atoms with E-state index in [1.807, 2.05) is 0 Å². The lowest BCUT2D eigenvalue weighted by atomic mass is 9.74. The van der Waals surface area contributed by atoms with Crippen molar-refractivity contribution in [1.29, 1.82) is 0 Å². The number of benzene rings is 1.